The maximum atomic E-state index is 6.44. The van der Waals surface area contributed by atoms with E-state index in [1.54, 1.807) is 0 Å². The molecule has 0 atom stereocenters. The van der Waals surface area contributed by atoms with Gasteiger partial charge in [-0.15, -0.1) is 13.2 Å². The van der Waals surface area contributed by atoms with Gasteiger partial charge in [-0.1, -0.05) is 25.2 Å². The fourth-order valence-electron chi connectivity index (χ4n) is 1.91. The van der Waals surface area contributed by atoms with Crippen molar-refractivity contribution < 1.29 is 8.23 Å². The van der Waals surface area contributed by atoms with Gasteiger partial charge in [-0.3, -0.25) is 0 Å². The van der Waals surface area contributed by atoms with Crippen LogP contribution in [0.25, 0.3) is 0 Å². The van der Waals surface area contributed by atoms with E-state index < -0.39 is 25.2 Å². The SMILES string of the molecule is C=C[Si](C)(C)O[Si](C)(C)O[Si](C=C)(CC)CC. The maximum absolute atomic E-state index is 6.44. The molecule has 0 bridgehead atoms. The van der Waals surface area contributed by atoms with Gasteiger partial charge in [0.1, 0.15) is 0 Å². The van der Waals surface area contributed by atoms with Crippen LogP contribution in [0, 0.1) is 0 Å². The van der Waals surface area contributed by atoms with Crippen molar-refractivity contribution in [3.05, 3.63) is 24.6 Å². The summed E-state index contributed by atoms with van der Waals surface area (Å²) in [6, 6.07) is 2.14. The summed E-state index contributed by atoms with van der Waals surface area (Å²) >= 11 is 0. The average Bonchev–Trinajstić information content (AvgIpc) is 2.25. The highest BCUT2D eigenvalue weighted by atomic mass is 28.5. The molecule has 0 fully saturated rings. The summed E-state index contributed by atoms with van der Waals surface area (Å²) in [5, 5.41) is 0. The van der Waals surface area contributed by atoms with Crippen molar-refractivity contribution in [2.75, 3.05) is 0 Å². The summed E-state index contributed by atoms with van der Waals surface area (Å²) in [5.74, 6) is 0. The van der Waals surface area contributed by atoms with Gasteiger partial charge in [0, 0.05) is 0 Å². The third-order valence-corrected chi connectivity index (χ3v) is 14.8. The first-order valence-corrected chi connectivity index (χ1v) is 14.5. The summed E-state index contributed by atoms with van der Waals surface area (Å²) in [6.07, 6.45) is 0. The zero-order valence-electron chi connectivity index (χ0n) is 12.3. The van der Waals surface area contributed by atoms with E-state index in [1.807, 2.05) is 5.70 Å². The first kappa shape index (κ1) is 17.1. The lowest BCUT2D eigenvalue weighted by atomic mass is 10.9. The second kappa shape index (κ2) is 6.29. The highest BCUT2D eigenvalue weighted by Crippen LogP contribution is 2.26. The molecule has 5 heteroatoms. The van der Waals surface area contributed by atoms with Crippen molar-refractivity contribution in [2.45, 2.75) is 52.1 Å². The number of hydrogen-bond acceptors (Lipinski definition) is 2. The first-order valence-electron chi connectivity index (χ1n) is 6.33. The van der Waals surface area contributed by atoms with E-state index in [0.717, 1.165) is 12.1 Å². The Hall–Kier alpha value is 0.0506. The minimum atomic E-state index is -2.08. The van der Waals surface area contributed by atoms with Crippen LogP contribution in [0.15, 0.2) is 24.6 Å². The van der Waals surface area contributed by atoms with Gasteiger partial charge in [0.2, 0.25) is 8.32 Å². The van der Waals surface area contributed by atoms with Gasteiger partial charge in [-0.2, -0.15) is 0 Å². The zero-order chi connectivity index (χ0) is 13.7. The van der Waals surface area contributed by atoms with Crippen LogP contribution in [-0.2, 0) is 8.23 Å². The van der Waals surface area contributed by atoms with Crippen LogP contribution in [0.2, 0.25) is 38.3 Å². The predicted octanol–water partition coefficient (Wildman–Crippen LogP) is 4.36. The molecule has 0 heterocycles. The van der Waals surface area contributed by atoms with Crippen LogP contribution >= 0.6 is 0 Å². The van der Waals surface area contributed by atoms with Crippen LogP contribution < -0.4 is 0 Å². The van der Waals surface area contributed by atoms with E-state index in [4.69, 9.17) is 8.23 Å². The van der Waals surface area contributed by atoms with Gasteiger partial charge in [-0.25, -0.2) is 0 Å². The fourth-order valence-corrected chi connectivity index (χ4v) is 14.3. The molecule has 0 aliphatic rings. The van der Waals surface area contributed by atoms with Crippen LogP contribution in [0.1, 0.15) is 13.8 Å². The third kappa shape index (κ3) is 5.48. The molecule has 0 unspecified atom stereocenters. The summed E-state index contributed by atoms with van der Waals surface area (Å²) < 4.78 is 12.7. The van der Waals surface area contributed by atoms with Gasteiger partial charge in [-0.05, 0) is 38.3 Å². The fraction of sp³-hybridized carbons (Fsp3) is 0.667. The van der Waals surface area contributed by atoms with Gasteiger partial charge in [0.05, 0.1) is 0 Å². The van der Waals surface area contributed by atoms with E-state index in [-0.39, 0.29) is 0 Å². The van der Waals surface area contributed by atoms with E-state index in [9.17, 15) is 0 Å². The molecule has 2 nitrogen and oxygen atoms in total. The van der Waals surface area contributed by atoms with Crippen LogP contribution in [0.3, 0.4) is 0 Å². The highest BCUT2D eigenvalue weighted by Gasteiger charge is 2.40. The quantitative estimate of drug-likeness (QED) is 0.618. The number of rotatable bonds is 8. The smallest absolute Gasteiger partial charge is 0.311 e. The summed E-state index contributed by atoms with van der Waals surface area (Å²) in [6.45, 7) is 20.8. The Morgan fingerprint density at radius 3 is 1.65 bits per heavy atom. The van der Waals surface area contributed by atoms with E-state index in [2.05, 4.69) is 58.9 Å². The Morgan fingerprint density at radius 1 is 0.882 bits per heavy atom. The Kier molecular flexibility index (Phi) is 6.30. The normalized spacial score (nSPS) is 13.5. The molecule has 0 aliphatic carbocycles. The van der Waals surface area contributed by atoms with E-state index in [1.165, 1.54) is 0 Å². The van der Waals surface area contributed by atoms with Crippen molar-refractivity contribution in [3.63, 3.8) is 0 Å². The van der Waals surface area contributed by atoms with Crippen molar-refractivity contribution in [1.29, 1.82) is 0 Å². The largest absolute Gasteiger partial charge is 0.433 e. The predicted molar refractivity (Wildman–Crippen MR) is 84.2 cm³/mol. The molecule has 0 aromatic heterocycles. The van der Waals surface area contributed by atoms with Crippen LogP contribution in [-0.4, -0.2) is 25.2 Å². The minimum Gasteiger partial charge on any atom is -0.433 e. The Labute approximate surface area is 110 Å². The summed E-state index contributed by atoms with van der Waals surface area (Å²) in [7, 11) is -5.62. The molecule has 0 aromatic rings. The first-order chi connectivity index (χ1) is 7.66. The topological polar surface area (TPSA) is 18.5 Å². The van der Waals surface area contributed by atoms with Gasteiger partial charge in [0.25, 0.3) is 0 Å². The molecular weight excluding hydrogens is 260 g/mol. The Balaban J connectivity index is 4.84. The molecular formula is C12H28O2Si3. The van der Waals surface area contributed by atoms with Crippen molar-refractivity contribution >= 4 is 25.2 Å². The Bertz CT molecular complexity index is 271. The molecule has 0 rings (SSSR count). The van der Waals surface area contributed by atoms with Crippen molar-refractivity contribution in [3.8, 4) is 0 Å². The molecule has 0 aromatic carbocycles. The molecule has 0 amide bonds. The third-order valence-electron chi connectivity index (χ3n) is 3.02. The molecule has 0 N–H and O–H groups in total. The molecule has 0 saturated carbocycles. The molecule has 0 aliphatic heterocycles. The van der Waals surface area contributed by atoms with Crippen LogP contribution in [0.4, 0.5) is 0 Å². The van der Waals surface area contributed by atoms with E-state index in [0.29, 0.717) is 0 Å². The van der Waals surface area contributed by atoms with E-state index >= 15 is 0 Å². The second-order valence-electron chi connectivity index (χ2n) is 5.39. The van der Waals surface area contributed by atoms with Crippen LogP contribution in [0.5, 0.6) is 0 Å². The van der Waals surface area contributed by atoms with Gasteiger partial charge >= 0.3 is 8.56 Å². The average molecular weight is 289 g/mol. The molecule has 100 valence electrons. The lowest BCUT2D eigenvalue weighted by Crippen LogP contribution is -2.53. The van der Waals surface area contributed by atoms with Gasteiger partial charge in [0.15, 0.2) is 8.32 Å². The molecule has 0 spiro atoms. The maximum Gasteiger partial charge on any atom is 0.311 e. The van der Waals surface area contributed by atoms with Crippen molar-refractivity contribution in [2.24, 2.45) is 0 Å². The summed E-state index contributed by atoms with van der Waals surface area (Å²) in [4.78, 5) is 0. The molecule has 0 radical (unpaired) electrons. The number of hydrogen-bond donors (Lipinski definition) is 0. The monoisotopic (exact) mass is 288 g/mol. The molecule has 0 saturated heterocycles. The zero-order valence-corrected chi connectivity index (χ0v) is 15.3. The van der Waals surface area contributed by atoms with Crippen molar-refractivity contribution in [1.82, 2.24) is 0 Å². The lowest BCUT2D eigenvalue weighted by Gasteiger charge is -2.38. The second-order valence-corrected chi connectivity index (χ2v) is 17.4. The highest BCUT2D eigenvalue weighted by molar-refractivity contribution is 6.91. The summed E-state index contributed by atoms with van der Waals surface area (Å²) in [5.41, 5.74) is 4.04. The minimum absolute atomic E-state index is 1.07. The lowest BCUT2D eigenvalue weighted by molar-refractivity contribution is 0.394. The van der Waals surface area contributed by atoms with Gasteiger partial charge < -0.3 is 8.23 Å². The standard InChI is InChI=1S/C12H28O2Si3/c1-9-15(5,6)13-16(7,8)14-17(10-2,11-3)12-4/h9-10H,1-2,11-12H2,3-8H3. The molecule has 17 heavy (non-hydrogen) atoms. The Morgan fingerprint density at radius 2 is 1.35 bits per heavy atom.